The quantitative estimate of drug-likeness (QED) is 0.605. The van der Waals surface area contributed by atoms with Gasteiger partial charge in [0, 0.05) is 18.4 Å². The Bertz CT molecular complexity index is 960. The summed E-state index contributed by atoms with van der Waals surface area (Å²) in [7, 11) is 0. The summed E-state index contributed by atoms with van der Waals surface area (Å²) in [6.45, 7) is 1.52. The average Bonchev–Trinajstić information content (AvgIpc) is 3.26. The summed E-state index contributed by atoms with van der Waals surface area (Å²) in [4.78, 5) is 0. The van der Waals surface area contributed by atoms with Crippen molar-refractivity contribution in [1.82, 2.24) is 0 Å². The van der Waals surface area contributed by atoms with Gasteiger partial charge in [-0.05, 0) is 35.2 Å². The lowest BCUT2D eigenvalue weighted by molar-refractivity contribution is -0.179. The first-order valence-electron chi connectivity index (χ1n) is 11.0. The van der Waals surface area contributed by atoms with Crippen LogP contribution in [0.4, 0.5) is 0 Å². The van der Waals surface area contributed by atoms with Crippen LogP contribution >= 0.6 is 11.6 Å². The average molecular weight is 463 g/mol. The SMILES string of the molecule is OCC1CC(O)C(O)C(c2cc(Cc3ccc(OC4COC4)cc3)c(Cl)c3c2CCO3)O1. The second-order valence-corrected chi connectivity index (χ2v) is 8.98. The van der Waals surface area contributed by atoms with Crippen molar-refractivity contribution in [1.29, 1.82) is 0 Å². The van der Waals surface area contributed by atoms with Crippen LogP contribution in [0.3, 0.4) is 0 Å². The third kappa shape index (κ3) is 4.21. The van der Waals surface area contributed by atoms with E-state index < -0.39 is 24.4 Å². The molecular formula is C24H27ClO7. The fourth-order valence-corrected chi connectivity index (χ4v) is 4.79. The summed E-state index contributed by atoms with van der Waals surface area (Å²) in [6.07, 6.45) is -1.86. The van der Waals surface area contributed by atoms with Crippen molar-refractivity contribution in [2.45, 2.75) is 49.8 Å². The van der Waals surface area contributed by atoms with Gasteiger partial charge in [0.1, 0.15) is 29.8 Å². The van der Waals surface area contributed by atoms with E-state index in [-0.39, 0.29) is 19.1 Å². The Morgan fingerprint density at radius 1 is 1.12 bits per heavy atom. The Morgan fingerprint density at radius 3 is 2.59 bits per heavy atom. The number of fused-ring (bicyclic) bond motifs is 1. The number of ether oxygens (including phenoxy) is 4. The summed E-state index contributed by atoms with van der Waals surface area (Å²) in [5.74, 6) is 1.41. The summed E-state index contributed by atoms with van der Waals surface area (Å²) in [6, 6.07) is 9.80. The molecule has 2 aromatic rings. The zero-order chi connectivity index (χ0) is 22.2. The normalized spacial score (nSPS) is 27.5. The smallest absolute Gasteiger partial charge is 0.145 e. The summed E-state index contributed by atoms with van der Waals surface area (Å²) < 4.78 is 22.7. The van der Waals surface area contributed by atoms with Gasteiger partial charge in [-0.15, -0.1) is 0 Å². The zero-order valence-corrected chi connectivity index (χ0v) is 18.3. The van der Waals surface area contributed by atoms with Crippen molar-refractivity contribution < 1.29 is 34.3 Å². The van der Waals surface area contributed by atoms with Gasteiger partial charge in [-0.3, -0.25) is 0 Å². The fourth-order valence-electron chi connectivity index (χ4n) is 4.50. The van der Waals surface area contributed by atoms with Gasteiger partial charge in [0.2, 0.25) is 0 Å². The summed E-state index contributed by atoms with van der Waals surface area (Å²) in [5, 5.41) is 31.1. The van der Waals surface area contributed by atoms with E-state index in [1.165, 1.54) is 0 Å². The third-order valence-electron chi connectivity index (χ3n) is 6.32. The molecule has 0 bridgehead atoms. The molecule has 4 unspecified atom stereocenters. The van der Waals surface area contributed by atoms with Gasteiger partial charge in [-0.25, -0.2) is 0 Å². The molecule has 172 valence electrons. The number of benzene rings is 2. The maximum absolute atomic E-state index is 10.7. The molecule has 0 aliphatic carbocycles. The Morgan fingerprint density at radius 2 is 1.91 bits per heavy atom. The molecule has 0 aromatic heterocycles. The number of hydrogen-bond donors (Lipinski definition) is 3. The van der Waals surface area contributed by atoms with Crippen LogP contribution in [0.25, 0.3) is 0 Å². The maximum Gasteiger partial charge on any atom is 0.145 e. The van der Waals surface area contributed by atoms with Crippen molar-refractivity contribution in [2.24, 2.45) is 0 Å². The molecule has 32 heavy (non-hydrogen) atoms. The topological polar surface area (TPSA) is 97.6 Å². The van der Waals surface area contributed by atoms with Gasteiger partial charge < -0.3 is 34.3 Å². The van der Waals surface area contributed by atoms with Crippen molar-refractivity contribution in [2.75, 3.05) is 26.4 Å². The number of halogens is 1. The molecule has 7 nitrogen and oxygen atoms in total. The molecule has 3 N–H and O–H groups in total. The second-order valence-electron chi connectivity index (χ2n) is 8.60. The number of aliphatic hydroxyl groups excluding tert-OH is 3. The molecule has 0 radical (unpaired) electrons. The summed E-state index contributed by atoms with van der Waals surface area (Å²) >= 11 is 6.71. The predicted octanol–water partition coefficient (Wildman–Crippen LogP) is 2.19. The second kappa shape index (κ2) is 9.17. The molecule has 2 fully saturated rings. The fraction of sp³-hybridized carbons (Fsp3) is 0.500. The van der Waals surface area contributed by atoms with Crippen LogP contribution in [0, 0.1) is 0 Å². The minimum atomic E-state index is -1.09. The van der Waals surface area contributed by atoms with E-state index in [2.05, 4.69) is 0 Å². The Balaban J connectivity index is 1.43. The van der Waals surface area contributed by atoms with Crippen LogP contribution in [0.15, 0.2) is 30.3 Å². The molecule has 8 heteroatoms. The highest BCUT2D eigenvalue weighted by Gasteiger charge is 2.40. The highest BCUT2D eigenvalue weighted by Crippen LogP contribution is 2.44. The van der Waals surface area contributed by atoms with E-state index in [0.717, 1.165) is 28.0 Å². The monoisotopic (exact) mass is 462 g/mol. The van der Waals surface area contributed by atoms with Crippen LogP contribution in [-0.2, 0) is 22.3 Å². The van der Waals surface area contributed by atoms with Crippen molar-refractivity contribution in [3.05, 3.63) is 57.6 Å². The van der Waals surface area contributed by atoms with Crippen molar-refractivity contribution in [3.63, 3.8) is 0 Å². The Kier molecular flexibility index (Phi) is 6.29. The van der Waals surface area contributed by atoms with Crippen LogP contribution in [0.5, 0.6) is 11.5 Å². The van der Waals surface area contributed by atoms with E-state index in [1.807, 2.05) is 30.3 Å². The molecule has 5 rings (SSSR count). The van der Waals surface area contributed by atoms with E-state index in [1.54, 1.807) is 0 Å². The van der Waals surface area contributed by atoms with Crippen molar-refractivity contribution >= 4 is 11.6 Å². The van der Waals surface area contributed by atoms with E-state index in [4.69, 9.17) is 30.5 Å². The molecule has 2 saturated heterocycles. The van der Waals surface area contributed by atoms with Gasteiger partial charge in [0.05, 0.1) is 43.7 Å². The van der Waals surface area contributed by atoms with Gasteiger partial charge in [-0.1, -0.05) is 29.8 Å². The highest BCUT2D eigenvalue weighted by molar-refractivity contribution is 6.33. The maximum atomic E-state index is 10.7. The van der Waals surface area contributed by atoms with Crippen LogP contribution in [-0.4, -0.2) is 66.2 Å². The molecule has 3 heterocycles. The first kappa shape index (κ1) is 21.9. The van der Waals surface area contributed by atoms with Crippen LogP contribution < -0.4 is 9.47 Å². The van der Waals surface area contributed by atoms with Gasteiger partial charge in [-0.2, -0.15) is 0 Å². The standard InChI is InChI=1S/C24H27ClO7/c25-21-14(7-13-1-3-15(4-2-13)31-17-11-29-12-17)8-19(18-5-6-30-23(18)21)24-22(28)20(27)9-16(10-26)32-24/h1-4,8,16-17,20,22,24,26-28H,5-7,9-12H2. The number of hydrogen-bond acceptors (Lipinski definition) is 7. The third-order valence-corrected chi connectivity index (χ3v) is 6.73. The molecule has 0 amide bonds. The Hall–Kier alpha value is -1.87. The predicted molar refractivity (Wildman–Crippen MR) is 116 cm³/mol. The lowest BCUT2D eigenvalue weighted by Gasteiger charge is -2.37. The molecule has 3 aliphatic heterocycles. The lowest BCUT2D eigenvalue weighted by atomic mass is 9.88. The van der Waals surface area contributed by atoms with E-state index >= 15 is 0 Å². The largest absolute Gasteiger partial charge is 0.491 e. The minimum Gasteiger partial charge on any atom is -0.491 e. The molecule has 3 aliphatic rings. The highest BCUT2D eigenvalue weighted by atomic mass is 35.5. The zero-order valence-electron chi connectivity index (χ0n) is 17.6. The Labute approximate surface area is 191 Å². The van der Waals surface area contributed by atoms with Crippen LogP contribution in [0.1, 0.15) is 34.8 Å². The molecular weight excluding hydrogens is 436 g/mol. The van der Waals surface area contributed by atoms with Gasteiger partial charge in [0.15, 0.2) is 0 Å². The molecule has 2 aromatic carbocycles. The van der Waals surface area contributed by atoms with Crippen LogP contribution in [0.2, 0.25) is 5.02 Å². The number of aliphatic hydroxyl groups is 3. The van der Waals surface area contributed by atoms with Gasteiger partial charge in [0.25, 0.3) is 0 Å². The van der Waals surface area contributed by atoms with Crippen molar-refractivity contribution in [3.8, 4) is 11.5 Å². The molecule has 0 spiro atoms. The lowest BCUT2D eigenvalue weighted by Crippen LogP contribution is -2.44. The van der Waals surface area contributed by atoms with Gasteiger partial charge >= 0.3 is 0 Å². The van der Waals surface area contributed by atoms with E-state index in [0.29, 0.717) is 43.4 Å². The first-order valence-corrected chi connectivity index (χ1v) is 11.3. The molecule has 4 atom stereocenters. The number of rotatable bonds is 6. The van der Waals surface area contributed by atoms with E-state index in [9.17, 15) is 15.3 Å². The minimum absolute atomic E-state index is 0.117. The molecule has 0 saturated carbocycles. The first-order chi connectivity index (χ1) is 15.5. The summed E-state index contributed by atoms with van der Waals surface area (Å²) in [5.41, 5.74) is 3.54.